The smallest absolute Gasteiger partial charge is 0.0992 e. The Bertz CT molecular complexity index is 680. The fraction of sp³-hybridized carbons (Fsp3) is 0. The number of hydrogen-bond acceptors (Lipinski definition) is 2. The number of nitrogens with one attached hydrogen (secondary N) is 1. The van der Waals surface area contributed by atoms with Crippen LogP contribution in [0.4, 0.5) is 11.4 Å². The minimum absolute atomic E-state index is 0.399. The average molecular weight is 376 g/mol. The summed E-state index contributed by atoms with van der Waals surface area (Å²) < 4.78 is 0.758. The number of nitriles is 1. The van der Waals surface area contributed by atoms with Crippen molar-refractivity contribution in [3.05, 3.63) is 55.4 Å². The lowest BCUT2D eigenvalue weighted by molar-refractivity contribution is 1.46. The summed E-state index contributed by atoms with van der Waals surface area (Å²) in [7, 11) is 0. The maximum absolute atomic E-state index is 8.81. The minimum atomic E-state index is 0.399. The van der Waals surface area contributed by atoms with E-state index < -0.39 is 0 Å². The van der Waals surface area contributed by atoms with E-state index >= 15 is 0 Å². The van der Waals surface area contributed by atoms with Gasteiger partial charge in [-0.25, -0.2) is 0 Å². The molecule has 0 aliphatic carbocycles. The van der Waals surface area contributed by atoms with Crippen LogP contribution in [-0.2, 0) is 0 Å². The van der Waals surface area contributed by atoms with E-state index in [1.807, 2.05) is 0 Å². The molecule has 0 aliphatic rings. The molecule has 0 fully saturated rings. The molecule has 2 nitrogen and oxygen atoms in total. The highest BCUT2D eigenvalue weighted by Gasteiger charge is 2.08. The summed E-state index contributed by atoms with van der Waals surface area (Å²) >= 11 is 21.3. The van der Waals surface area contributed by atoms with Gasteiger partial charge in [-0.15, -0.1) is 0 Å². The molecule has 96 valence electrons. The number of rotatable bonds is 2. The zero-order valence-electron chi connectivity index (χ0n) is 9.35. The first-order valence-corrected chi connectivity index (χ1v) is 7.05. The van der Waals surface area contributed by atoms with Crippen molar-refractivity contribution < 1.29 is 0 Å². The fourth-order valence-electron chi connectivity index (χ4n) is 1.45. The molecule has 0 radical (unpaired) electrons. The van der Waals surface area contributed by atoms with Crippen LogP contribution < -0.4 is 5.32 Å². The van der Waals surface area contributed by atoms with Crippen molar-refractivity contribution in [2.75, 3.05) is 5.32 Å². The molecule has 0 saturated heterocycles. The van der Waals surface area contributed by atoms with Gasteiger partial charge in [-0.2, -0.15) is 5.26 Å². The van der Waals surface area contributed by atoms with E-state index in [9.17, 15) is 0 Å². The molecule has 19 heavy (non-hydrogen) atoms. The van der Waals surface area contributed by atoms with E-state index in [2.05, 4.69) is 27.3 Å². The number of hydrogen-bond donors (Lipinski definition) is 1. The lowest BCUT2D eigenvalue weighted by Crippen LogP contribution is -1.93. The average Bonchev–Trinajstić information content (AvgIpc) is 2.38. The Balaban J connectivity index is 2.37. The molecule has 1 N–H and O–H groups in total. The monoisotopic (exact) mass is 374 g/mol. The van der Waals surface area contributed by atoms with Crippen molar-refractivity contribution in [2.24, 2.45) is 0 Å². The van der Waals surface area contributed by atoms with Gasteiger partial charge in [0.05, 0.1) is 38.1 Å². The standard InChI is InChI=1S/C13H6BrCl3N2/c14-8-3-7(6-18)1-2-12(8)19-13-5-10(16)9(15)4-11(13)17/h1-5,19H. The number of nitrogens with zero attached hydrogens (tertiary/aromatic N) is 1. The second-order valence-electron chi connectivity index (χ2n) is 3.68. The SMILES string of the molecule is N#Cc1ccc(Nc2cc(Cl)c(Cl)cc2Cl)c(Br)c1. The molecule has 0 atom stereocenters. The summed E-state index contributed by atoms with van der Waals surface area (Å²) in [5.41, 5.74) is 1.98. The van der Waals surface area contributed by atoms with Crippen LogP contribution >= 0.6 is 50.7 Å². The molecule has 0 spiro atoms. The Kier molecular flexibility index (Phi) is 4.59. The van der Waals surface area contributed by atoms with Crippen molar-refractivity contribution in [3.63, 3.8) is 0 Å². The molecule has 0 heterocycles. The molecule has 2 rings (SSSR count). The van der Waals surface area contributed by atoms with Gasteiger partial charge in [0.2, 0.25) is 0 Å². The highest BCUT2D eigenvalue weighted by Crippen LogP contribution is 2.35. The Labute approximate surface area is 134 Å². The largest absolute Gasteiger partial charge is 0.353 e. The van der Waals surface area contributed by atoms with Crippen molar-refractivity contribution >= 4 is 62.1 Å². The van der Waals surface area contributed by atoms with Gasteiger partial charge in [0.15, 0.2) is 0 Å². The van der Waals surface area contributed by atoms with Crippen molar-refractivity contribution in [1.29, 1.82) is 5.26 Å². The predicted molar refractivity (Wildman–Crippen MR) is 83.6 cm³/mol. The van der Waals surface area contributed by atoms with Gasteiger partial charge < -0.3 is 5.32 Å². The molecule has 0 aliphatic heterocycles. The van der Waals surface area contributed by atoms with E-state index in [4.69, 9.17) is 40.1 Å². The third-order valence-electron chi connectivity index (χ3n) is 2.38. The van der Waals surface area contributed by atoms with E-state index in [-0.39, 0.29) is 0 Å². The van der Waals surface area contributed by atoms with Crippen molar-refractivity contribution in [1.82, 2.24) is 0 Å². The molecule has 6 heteroatoms. The van der Waals surface area contributed by atoms with Gasteiger partial charge in [0, 0.05) is 4.47 Å². The normalized spacial score (nSPS) is 10.1. The summed E-state index contributed by atoms with van der Waals surface area (Å²) in [4.78, 5) is 0. The molecule has 0 unspecified atom stereocenters. The van der Waals surface area contributed by atoms with Gasteiger partial charge in [-0.1, -0.05) is 34.8 Å². The Hall–Kier alpha value is -0.920. The first kappa shape index (κ1) is 14.5. The molecule has 0 saturated carbocycles. The van der Waals surface area contributed by atoms with Gasteiger partial charge in [0.25, 0.3) is 0 Å². The fourth-order valence-corrected chi connectivity index (χ4v) is 2.52. The van der Waals surface area contributed by atoms with E-state index in [0.717, 1.165) is 10.2 Å². The number of benzene rings is 2. The third kappa shape index (κ3) is 3.34. The van der Waals surface area contributed by atoms with E-state index in [1.165, 1.54) is 0 Å². The Morgan fingerprint density at radius 3 is 2.26 bits per heavy atom. The van der Waals surface area contributed by atoms with Crippen LogP contribution in [-0.4, -0.2) is 0 Å². The van der Waals surface area contributed by atoms with Crippen LogP contribution in [0.3, 0.4) is 0 Å². The maximum atomic E-state index is 8.81. The molecule has 2 aromatic rings. The van der Waals surface area contributed by atoms with Crippen molar-refractivity contribution in [3.8, 4) is 6.07 Å². The number of anilines is 2. The molecule has 0 bridgehead atoms. The molecular formula is C13H6BrCl3N2. The Morgan fingerprint density at radius 2 is 1.63 bits per heavy atom. The Morgan fingerprint density at radius 1 is 0.947 bits per heavy atom. The van der Waals surface area contributed by atoms with Crippen LogP contribution in [0, 0.1) is 11.3 Å². The van der Waals surface area contributed by atoms with Crippen LogP contribution in [0.5, 0.6) is 0 Å². The lowest BCUT2D eigenvalue weighted by atomic mass is 10.2. The van der Waals surface area contributed by atoms with Gasteiger partial charge in [-0.3, -0.25) is 0 Å². The topological polar surface area (TPSA) is 35.8 Å². The minimum Gasteiger partial charge on any atom is -0.353 e. The summed E-state index contributed by atoms with van der Waals surface area (Å²) in [6, 6.07) is 10.5. The van der Waals surface area contributed by atoms with Gasteiger partial charge >= 0.3 is 0 Å². The third-order valence-corrected chi connectivity index (χ3v) is 4.07. The zero-order valence-corrected chi connectivity index (χ0v) is 13.2. The van der Waals surface area contributed by atoms with E-state index in [1.54, 1.807) is 30.3 Å². The molecule has 0 amide bonds. The van der Waals surface area contributed by atoms with Crippen LogP contribution in [0.2, 0.25) is 15.1 Å². The van der Waals surface area contributed by atoms with Crippen LogP contribution in [0.25, 0.3) is 0 Å². The summed E-state index contributed by atoms with van der Waals surface area (Å²) in [6.45, 7) is 0. The molecular weight excluding hydrogens is 370 g/mol. The van der Waals surface area contributed by atoms with E-state index in [0.29, 0.717) is 26.3 Å². The highest BCUT2D eigenvalue weighted by atomic mass is 79.9. The quantitative estimate of drug-likeness (QED) is 0.650. The first-order chi connectivity index (χ1) is 9.01. The lowest BCUT2D eigenvalue weighted by Gasteiger charge is -2.11. The second-order valence-corrected chi connectivity index (χ2v) is 5.75. The maximum Gasteiger partial charge on any atom is 0.0992 e. The molecule has 0 aromatic heterocycles. The highest BCUT2D eigenvalue weighted by molar-refractivity contribution is 9.10. The first-order valence-electron chi connectivity index (χ1n) is 5.12. The predicted octanol–water partition coefficient (Wildman–Crippen LogP) is 6.02. The van der Waals surface area contributed by atoms with Gasteiger partial charge in [-0.05, 0) is 46.3 Å². The second kappa shape index (κ2) is 6.02. The van der Waals surface area contributed by atoms with Crippen molar-refractivity contribution in [2.45, 2.75) is 0 Å². The van der Waals surface area contributed by atoms with Crippen LogP contribution in [0.15, 0.2) is 34.8 Å². The van der Waals surface area contributed by atoms with Gasteiger partial charge in [0.1, 0.15) is 0 Å². The summed E-state index contributed by atoms with van der Waals surface area (Å²) in [6.07, 6.45) is 0. The summed E-state index contributed by atoms with van der Waals surface area (Å²) in [5.74, 6) is 0. The summed E-state index contributed by atoms with van der Waals surface area (Å²) in [5, 5.41) is 13.2. The number of halogens is 4. The molecule has 2 aromatic carbocycles. The van der Waals surface area contributed by atoms with Crippen LogP contribution in [0.1, 0.15) is 5.56 Å². The zero-order chi connectivity index (χ0) is 14.0.